The molecule has 0 saturated carbocycles. The van der Waals surface area contributed by atoms with Crippen LogP contribution in [0.5, 0.6) is 0 Å². The summed E-state index contributed by atoms with van der Waals surface area (Å²) in [7, 11) is 0. The van der Waals surface area contributed by atoms with Gasteiger partial charge in [-0.15, -0.1) is 4.73 Å². The summed E-state index contributed by atoms with van der Waals surface area (Å²) in [5, 5.41) is 12.4. The van der Waals surface area contributed by atoms with Gasteiger partial charge in [-0.1, -0.05) is 48.5 Å². The standard InChI is InChI=1S/C17H13NO3/c1-12(19)15-16(13-8-4-2-5-9-13)21-17(18(15)20)14-10-6-3-7-11-14/h2-11H,1H3. The molecule has 0 bridgehead atoms. The van der Waals surface area contributed by atoms with E-state index in [2.05, 4.69) is 0 Å². The Kier molecular flexibility index (Phi) is 3.28. The van der Waals surface area contributed by atoms with Gasteiger partial charge in [-0.3, -0.25) is 4.79 Å². The SMILES string of the molecule is CC(=O)c1c(-c2ccccc2)oc(-c2ccccc2)[n+]1[O-]. The van der Waals surface area contributed by atoms with Crippen molar-refractivity contribution >= 4 is 5.78 Å². The van der Waals surface area contributed by atoms with E-state index >= 15 is 0 Å². The smallest absolute Gasteiger partial charge is 0.393 e. The number of aromatic nitrogens is 1. The lowest BCUT2D eigenvalue weighted by Crippen LogP contribution is -2.33. The fraction of sp³-hybridized carbons (Fsp3) is 0.0588. The van der Waals surface area contributed by atoms with E-state index in [9.17, 15) is 10.0 Å². The first-order valence-electron chi connectivity index (χ1n) is 6.56. The molecule has 0 spiro atoms. The molecule has 0 N–H and O–H groups in total. The molecule has 4 nitrogen and oxygen atoms in total. The molecule has 0 aliphatic carbocycles. The Balaban J connectivity index is 2.24. The van der Waals surface area contributed by atoms with Gasteiger partial charge in [0.05, 0.1) is 5.56 Å². The summed E-state index contributed by atoms with van der Waals surface area (Å²) in [5.74, 6) is 0.103. The van der Waals surface area contributed by atoms with Gasteiger partial charge in [0.1, 0.15) is 0 Å². The van der Waals surface area contributed by atoms with Crippen molar-refractivity contribution in [1.82, 2.24) is 0 Å². The fourth-order valence-electron chi connectivity index (χ4n) is 2.23. The third kappa shape index (κ3) is 2.31. The van der Waals surface area contributed by atoms with Crippen LogP contribution in [0.1, 0.15) is 17.4 Å². The summed E-state index contributed by atoms with van der Waals surface area (Å²) in [6.07, 6.45) is 0. The number of rotatable bonds is 3. The van der Waals surface area contributed by atoms with Gasteiger partial charge in [0, 0.05) is 12.5 Å². The molecule has 0 aliphatic rings. The first-order valence-corrected chi connectivity index (χ1v) is 6.56. The average molecular weight is 279 g/mol. The minimum Gasteiger partial charge on any atom is -0.615 e. The minimum absolute atomic E-state index is 0.0278. The van der Waals surface area contributed by atoms with Gasteiger partial charge in [-0.25, -0.2) is 0 Å². The van der Waals surface area contributed by atoms with E-state index in [1.54, 1.807) is 24.3 Å². The first-order chi connectivity index (χ1) is 10.2. The summed E-state index contributed by atoms with van der Waals surface area (Å²) in [6, 6.07) is 18.2. The Morgan fingerprint density at radius 3 is 2.00 bits per heavy atom. The lowest BCUT2D eigenvalue weighted by atomic mass is 10.1. The van der Waals surface area contributed by atoms with E-state index in [0.717, 1.165) is 0 Å². The monoisotopic (exact) mass is 279 g/mol. The number of carbonyl (C=O) groups is 1. The number of carbonyl (C=O) groups excluding carboxylic acids is 1. The van der Waals surface area contributed by atoms with Gasteiger partial charge >= 0.3 is 11.6 Å². The van der Waals surface area contributed by atoms with Crippen LogP contribution in [0.2, 0.25) is 0 Å². The largest absolute Gasteiger partial charge is 0.615 e. The highest BCUT2D eigenvalue weighted by Crippen LogP contribution is 2.28. The second kappa shape index (κ2) is 5.25. The zero-order chi connectivity index (χ0) is 14.8. The molecule has 0 saturated heterocycles. The van der Waals surface area contributed by atoms with Gasteiger partial charge in [0.15, 0.2) is 0 Å². The molecule has 3 aromatic rings. The summed E-state index contributed by atoms with van der Waals surface area (Å²) >= 11 is 0. The second-order valence-corrected chi connectivity index (χ2v) is 4.67. The Morgan fingerprint density at radius 2 is 1.48 bits per heavy atom. The van der Waals surface area contributed by atoms with Crippen molar-refractivity contribution < 1.29 is 13.9 Å². The van der Waals surface area contributed by atoms with E-state index in [0.29, 0.717) is 21.6 Å². The first kappa shape index (κ1) is 13.1. The van der Waals surface area contributed by atoms with Crippen molar-refractivity contribution in [3.63, 3.8) is 0 Å². The highest BCUT2D eigenvalue weighted by Gasteiger charge is 2.30. The molecular weight excluding hydrogens is 266 g/mol. The Hall–Kier alpha value is -2.88. The summed E-state index contributed by atoms with van der Waals surface area (Å²) in [5.41, 5.74) is 1.37. The summed E-state index contributed by atoms with van der Waals surface area (Å²) in [6.45, 7) is 1.36. The van der Waals surface area contributed by atoms with Crippen LogP contribution in [-0.4, -0.2) is 5.78 Å². The summed E-state index contributed by atoms with van der Waals surface area (Å²) < 4.78 is 6.28. The zero-order valence-electron chi connectivity index (χ0n) is 11.4. The number of oxazole rings is 1. The van der Waals surface area contributed by atoms with Crippen LogP contribution in [0.4, 0.5) is 0 Å². The zero-order valence-corrected chi connectivity index (χ0v) is 11.4. The average Bonchev–Trinajstić information content (AvgIpc) is 2.87. The number of hydrogen-bond donors (Lipinski definition) is 0. The molecule has 21 heavy (non-hydrogen) atoms. The molecule has 2 aromatic carbocycles. The Morgan fingerprint density at radius 1 is 0.952 bits per heavy atom. The lowest BCUT2D eigenvalue weighted by molar-refractivity contribution is -0.598. The molecule has 4 heteroatoms. The molecule has 0 amide bonds. The van der Waals surface area contributed by atoms with Crippen LogP contribution in [0, 0.1) is 5.21 Å². The van der Waals surface area contributed by atoms with Crippen LogP contribution in [0.3, 0.4) is 0 Å². The van der Waals surface area contributed by atoms with Gasteiger partial charge in [0.25, 0.3) is 0 Å². The van der Waals surface area contributed by atoms with Crippen molar-refractivity contribution in [2.75, 3.05) is 0 Å². The van der Waals surface area contributed by atoms with Crippen molar-refractivity contribution in [3.8, 4) is 22.8 Å². The molecule has 1 aromatic heterocycles. The predicted molar refractivity (Wildman–Crippen MR) is 78.5 cm³/mol. The molecule has 0 unspecified atom stereocenters. The highest BCUT2D eigenvalue weighted by molar-refractivity contribution is 5.96. The molecule has 0 aliphatic heterocycles. The number of nitrogens with zero attached hydrogens (tertiary/aromatic N) is 1. The van der Waals surface area contributed by atoms with Gasteiger partial charge < -0.3 is 9.62 Å². The number of ketones is 1. The maximum absolute atomic E-state index is 12.4. The van der Waals surface area contributed by atoms with E-state index in [-0.39, 0.29) is 17.4 Å². The maximum atomic E-state index is 12.4. The van der Waals surface area contributed by atoms with Gasteiger partial charge in [0.2, 0.25) is 11.5 Å². The Labute approximate surface area is 121 Å². The van der Waals surface area contributed by atoms with Crippen LogP contribution in [-0.2, 0) is 0 Å². The Bertz CT molecular complexity index is 777. The molecule has 1 heterocycles. The lowest BCUT2D eigenvalue weighted by Gasteiger charge is -1.97. The maximum Gasteiger partial charge on any atom is 0.393 e. The van der Waals surface area contributed by atoms with Crippen molar-refractivity contribution in [2.24, 2.45) is 0 Å². The van der Waals surface area contributed by atoms with E-state index in [1.807, 2.05) is 36.4 Å². The third-order valence-corrected chi connectivity index (χ3v) is 3.19. The predicted octanol–water partition coefficient (Wildman–Crippen LogP) is 3.45. The van der Waals surface area contributed by atoms with E-state index in [1.165, 1.54) is 6.92 Å². The number of benzene rings is 2. The van der Waals surface area contributed by atoms with Gasteiger partial charge in [-0.05, 0) is 12.1 Å². The highest BCUT2D eigenvalue weighted by atomic mass is 16.5. The van der Waals surface area contributed by atoms with Crippen LogP contribution in [0.25, 0.3) is 22.8 Å². The molecule has 0 atom stereocenters. The molecule has 104 valence electrons. The molecular formula is C17H13NO3. The fourth-order valence-corrected chi connectivity index (χ4v) is 2.23. The van der Waals surface area contributed by atoms with Crippen molar-refractivity contribution in [3.05, 3.63) is 71.6 Å². The molecule has 0 radical (unpaired) electrons. The number of Topliss-reactive ketones (excluding diaryl/α,β-unsaturated/α-hetero) is 1. The quantitative estimate of drug-likeness (QED) is 0.419. The van der Waals surface area contributed by atoms with E-state index in [4.69, 9.17) is 4.42 Å². The van der Waals surface area contributed by atoms with Crippen LogP contribution < -0.4 is 4.73 Å². The van der Waals surface area contributed by atoms with E-state index < -0.39 is 0 Å². The minimum atomic E-state index is -0.324. The van der Waals surface area contributed by atoms with Crippen molar-refractivity contribution in [2.45, 2.75) is 6.92 Å². The van der Waals surface area contributed by atoms with Crippen molar-refractivity contribution in [1.29, 1.82) is 0 Å². The number of hydrogen-bond acceptors (Lipinski definition) is 3. The van der Waals surface area contributed by atoms with Gasteiger partial charge in [-0.2, -0.15) is 0 Å². The molecule has 3 rings (SSSR count). The van der Waals surface area contributed by atoms with Crippen LogP contribution >= 0.6 is 0 Å². The van der Waals surface area contributed by atoms with Crippen LogP contribution in [0.15, 0.2) is 65.1 Å². The normalized spacial score (nSPS) is 10.5. The summed E-state index contributed by atoms with van der Waals surface area (Å²) in [4.78, 5) is 11.8. The topological polar surface area (TPSA) is 57.2 Å². The third-order valence-electron chi connectivity index (χ3n) is 3.19. The second-order valence-electron chi connectivity index (χ2n) is 4.67. The molecule has 0 fully saturated rings.